The number of fused-ring (bicyclic) bond motifs is 3. The predicted molar refractivity (Wildman–Crippen MR) is 141 cm³/mol. The maximum Gasteiger partial charge on any atom is 0.409 e. The first-order valence-corrected chi connectivity index (χ1v) is 12.3. The summed E-state index contributed by atoms with van der Waals surface area (Å²) in [4.78, 5) is 17.0. The molecule has 5 heteroatoms. The maximum atomic E-state index is 12.9. The van der Waals surface area contributed by atoms with Gasteiger partial charge in [0.15, 0.2) is 0 Å². The number of carbonyl (C=O) groups is 1. The van der Waals surface area contributed by atoms with Crippen molar-refractivity contribution in [1.82, 2.24) is 4.90 Å². The fraction of sp³-hybridized carbons (Fsp3) is 0.276. The standard InChI is InChI=1S/C29H28N2O2S/c1-3-22-16-21(19-34)17-28(20(22)2)30-12-14-31(15-13-30)29(32)33-18-27-25-10-6-4-8-23(25)24-9-5-7-11-26(24)27/h1,4-11,16-17,27,34H,12-15,18-19H2,2H3. The van der Waals surface area contributed by atoms with Gasteiger partial charge in [0.25, 0.3) is 0 Å². The first kappa shape index (κ1) is 22.4. The summed E-state index contributed by atoms with van der Waals surface area (Å²) in [6.45, 7) is 5.13. The number of nitrogens with zero attached hydrogens (tertiary/aromatic N) is 2. The molecule has 0 saturated carbocycles. The zero-order chi connectivity index (χ0) is 23.7. The van der Waals surface area contributed by atoms with Crippen LogP contribution >= 0.6 is 12.6 Å². The summed E-state index contributed by atoms with van der Waals surface area (Å²) < 4.78 is 5.85. The van der Waals surface area contributed by atoms with E-state index in [4.69, 9.17) is 11.2 Å². The molecule has 0 bridgehead atoms. The van der Waals surface area contributed by atoms with E-state index in [1.807, 2.05) is 11.0 Å². The van der Waals surface area contributed by atoms with Crippen LogP contribution in [0.25, 0.3) is 11.1 Å². The highest BCUT2D eigenvalue weighted by atomic mass is 32.1. The highest BCUT2D eigenvalue weighted by Crippen LogP contribution is 2.44. The Bertz CT molecular complexity index is 1230. The van der Waals surface area contributed by atoms with E-state index in [0.29, 0.717) is 25.4 Å². The first-order chi connectivity index (χ1) is 16.6. The van der Waals surface area contributed by atoms with Crippen LogP contribution in [0.1, 0.15) is 33.7 Å². The lowest BCUT2D eigenvalue weighted by Crippen LogP contribution is -2.49. The second kappa shape index (κ2) is 9.48. The summed E-state index contributed by atoms with van der Waals surface area (Å²) in [6, 6.07) is 21.0. The van der Waals surface area contributed by atoms with E-state index in [0.717, 1.165) is 35.5 Å². The van der Waals surface area contributed by atoms with Crippen LogP contribution in [0, 0.1) is 19.3 Å². The molecule has 3 aromatic rings. The largest absolute Gasteiger partial charge is 0.448 e. The molecule has 1 saturated heterocycles. The van der Waals surface area contributed by atoms with Gasteiger partial charge in [0.2, 0.25) is 0 Å². The van der Waals surface area contributed by atoms with Gasteiger partial charge in [0, 0.05) is 49.1 Å². The Morgan fingerprint density at radius 3 is 2.24 bits per heavy atom. The Balaban J connectivity index is 1.24. The molecule has 3 aromatic carbocycles. The monoisotopic (exact) mass is 468 g/mol. The topological polar surface area (TPSA) is 32.8 Å². The van der Waals surface area contributed by atoms with Gasteiger partial charge in [-0.25, -0.2) is 4.79 Å². The number of anilines is 1. The summed E-state index contributed by atoms with van der Waals surface area (Å²) >= 11 is 4.42. The van der Waals surface area contributed by atoms with Crippen LogP contribution in [0.5, 0.6) is 0 Å². The smallest absolute Gasteiger partial charge is 0.409 e. The highest BCUT2D eigenvalue weighted by Gasteiger charge is 2.30. The average molecular weight is 469 g/mol. The third kappa shape index (κ3) is 4.03. The van der Waals surface area contributed by atoms with Gasteiger partial charge in [-0.2, -0.15) is 12.6 Å². The number of thiol groups is 1. The average Bonchev–Trinajstić information content (AvgIpc) is 3.21. The van der Waals surface area contributed by atoms with Crippen molar-refractivity contribution in [3.8, 4) is 23.5 Å². The first-order valence-electron chi connectivity index (χ1n) is 11.7. The van der Waals surface area contributed by atoms with Gasteiger partial charge in [-0.15, -0.1) is 6.42 Å². The Kier molecular flexibility index (Phi) is 6.26. The van der Waals surface area contributed by atoms with Gasteiger partial charge < -0.3 is 14.5 Å². The minimum Gasteiger partial charge on any atom is -0.448 e. The molecular weight excluding hydrogens is 440 g/mol. The summed E-state index contributed by atoms with van der Waals surface area (Å²) in [5.74, 6) is 3.50. The number of amides is 1. The van der Waals surface area contributed by atoms with E-state index in [2.05, 4.69) is 85.0 Å². The maximum absolute atomic E-state index is 12.9. The Hall–Kier alpha value is -3.36. The van der Waals surface area contributed by atoms with Gasteiger partial charge >= 0.3 is 6.09 Å². The molecule has 2 aliphatic rings. The van der Waals surface area contributed by atoms with Gasteiger partial charge in [0.1, 0.15) is 6.61 Å². The van der Waals surface area contributed by atoms with Crippen molar-refractivity contribution >= 4 is 24.4 Å². The Labute approximate surface area is 206 Å². The molecule has 1 aliphatic carbocycles. The lowest BCUT2D eigenvalue weighted by Gasteiger charge is -2.36. The zero-order valence-electron chi connectivity index (χ0n) is 19.3. The normalized spacial score (nSPS) is 15.0. The van der Waals surface area contributed by atoms with Gasteiger partial charge in [-0.1, -0.05) is 54.5 Å². The molecule has 0 aromatic heterocycles. The molecule has 0 N–H and O–H groups in total. The number of rotatable bonds is 4. The molecule has 1 heterocycles. The number of piperazine rings is 1. The van der Waals surface area contributed by atoms with Crippen molar-refractivity contribution in [2.75, 3.05) is 37.7 Å². The molecule has 0 radical (unpaired) electrons. The molecule has 0 spiro atoms. The molecule has 4 nitrogen and oxygen atoms in total. The van der Waals surface area contributed by atoms with Gasteiger partial charge in [0.05, 0.1) is 0 Å². The van der Waals surface area contributed by atoms with Crippen LogP contribution in [0.4, 0.5) is 10.5 Å². The van der Waals surface area contributed by atoms with E-state index in [9.17, 15) is 4.79 Å². The number of carbonyl (C=O) groups excluding carboxylic acids is 1. The van der Waals surface area contributed by atoms with Crippen molar-refractivity contribution < 1.29 is 9.53 Å². The van der Waals surface area contributed by atoms with E-state index in [1.54, 1.807) is 0 Å². The van der Waals surface area contributed by atoms with E-state index in [1.165, 1.54) is 22.3 Å². The number of hydrogen-bond donors (Lipinski definition) is 1. The quantitative estimate of drug-likeness (QED) is 0.407. The predicted octanol–water partition coefficient (Wildman–Crippen LogP) is 5.48. The van der Waals surface area contributed by atoms with Crippen LogP contribution in [0.3, 0.4) is 0 Å². The molecule has 0 atom stereocenters. The lowest BCUT2D eigenvalue weighted by molar-refractivity contribution is 0.0977. The van der Waals surface area contributed by atoms with E-state index >= 15 is 0 Å². The summed E-state index contributed by atoms with van der Waals surface area (Å²) in [6.07, 6.45) is 5.47. The highest BCUT2D eigenvalue weighted by molar-refractivity contribution is 7.79. The van der Waals surface area contributed by atoms with Gasteiger partial charge in [-0.3, -0.25) is 0 Å². The number of terminal acetylenes is 1. The second-order valence-corrected chi connectivity index (χ2v) is 9.18. The van der Waals surface area contributed by atoms with Crippen molar-refractivity contribution in [2.24, 2.45) is 0 Å². The minimum atomic E-state index is -0.244. The molecule has 0 unspecified atom stereocenters. The summed E-state index contributed by atoms with van der Waals surface area (Å²) in [5, 5.41) is 0. The fourth-order valence-corrected chi connectivity index (χ4v) is 5.32. The minimum absolute atomic E-state index is 0.0754. The number of benzene rings is 3. The molecule has 1 fully saturated rings. The van der Waals surface area contributed by atoms with Crippen molar-refractivity contribution in [1.29, 1.82) is 0 Å². The third-order valence-corrected chi connectivity index (χ3v) is 7.36. The van der Waals surface area contributed by atoms with Gasteiger partial charge in [-0.05, 0) is 52.4 Å². The molecule has 172 valence electrons. The third-order valence-electron chi connectivity index (χ3n) is 6.99. The van der Waals surface area contributed by atoms with Crippen LogP contribution in [-0.4, -0.2) is 43.8 Å². The van der Waals surface area contributed by atoms with Crippen molar-refractivity contribution in [2.45, 2.75) is 18.6 Å². The second-order valence-electron chi connectivity index (χ2n) is 8.87. The molecule has 1 aliphatic heterocycles. The SMILES string of the molecule is C#Cc1cc(CS)cc(N2CCN(C(=O)OCC3c4ccccc4-c4ccccc43)CC2)c1C. The lowest BCUT2D eigenvalue weighted by atomic mass is 9.98. The molecule has 5 rings (SSSR count). The summed E-state index contributed by atoms with van der Waals surface area (Å²) in [5.41, 5.74) is 9.16. The Morgan fingerprint density at radius 1 is 1.03 bits per heavy atom. The number of ether oxygens (including phenoxy) is 1. The van der Waals surface area contributed by atoms with E-state index in [-0.39, 0.29) is 12.0 Å². The number of hydrogen-bond acceptors (Lipinski definition) is 4. The molecule has 34 heavy (non-hydrogen) atoms. The van der Waals surface area contributed by atoms with Crippen molar-refractivity contribution in [3.63, 3.8) is 0 Å². The van der Waals surface area contributed by atoms with Crippen LogP contribution < -0.4 is 4.90 Å². The van der Waals surface area contributed by atoms with Crippen LogP contribution in [-0.2, 0) is 10.5 Å². The fourth-order valence-electron chi connectivity index (χ4n) is 5.14. The van der Waals surface area contributed by atoms with E-state index < -0.39 is 0 Å². The van der Waals surface area contributed by atoms with Crippen LogP contribution in [0.15, 0.2) is 60.7 Å². The zero-order valence-corrected chi connectivity index (χ0v) is 20.2. The van der Waals surface area contributed by atoms with Crippen molar-refractivity contribution in [3.05, 3.63) is 88.5 Å². The van der Waals surface area contributed by atoms with Crippen LogP contribution in [0.2, 0.25) is 0 Å². The summed E-state index contributed by atoms with van der Waals surface area (Å²) in [7, 11) is 0. The molecule has 1 amide bonds. The Morgan fingerprint density at radius 2 is 1.65 bits per heavy atom. The molecular formula is C29H28N2O2S.